The number of carbonyl (C=O) groups is 2. The molecule has 0 fully saturated rings. The molecule has 0 saturated carbocycles. The Labute approximate surface area is 211 Å². The van der Waals surface area contributed by atoms with Gasteiger partial charge in [0.2, 0.25) is 11.8 Å². The molecule has 0 unspecified atom stereocenters. The largest absolute Gasteiger partial charge is 0.354 e. The highest BCUT2D eigenvalue weighted by Gasteiger charge is 2.31. The Hall–Kier alpha value is -4.25. The number of halogens is 1. The Morgan fingerprint density at radius 1 is 0.694 bits per heavy atom. The van der Waals surface area contributed by atoms with Gasteiger partial charge in [-0.2, -0.15) is 0 Å². The molecule has 0 radical (unpaired) electrons. The highest BCUT2D eigenvalue weighted by Crippen LogP contribution is 2.25. The maximum Gasteiger partial charge on any atom is 0.247 e. The second-order valence-electron chi connectivity index (χ2n) is 8.65. The molecule has 36 heavy (non-hydrogen) atoms. The molecule has 0 heterocycles. The van der Waals surface area contributed by atoms with Crippen LogP contribution in [0.25, 0.3) is 0 Å². The Balaban J connectivity index is 1.62. The molecule has 0 spiro atoms. The van der Waals surface area contributed by atoms with Crippen molar-refractivity contribution in [3.8, 4) is 0 Å². The third kappa shape index (κ3) is 6.89. The van der Waals surface area contributed by atoms with E-state index in [1.165, 1.54) is 12.1 Å². The normalized spacial score (nSPS) is 11.5. The number of nitrogens with zero attached hydrogens (tertiary/aromatic N) is 1. The van der Waals surface area contributed by atoms with Crippen LogP contribution in [0.2, 0.25) is 0 Å². The number of nitrogens with one attached hydrogen (secondary N) is 1. The van der Waals surface area contributed by atoms with E-state index >= 15 is 0 Å². The van der Waals surface area contributed by atoms with E-state index in [4.69, 9.17) is 0 Å². The lowest BCUT2D eigenvalue weighted by Crippen LogP contribution is -2.44. The molecule has 182 valence electrons. The van der Waals surface area contributed by atoms with E-state index < -0.39 is 6.04 Å². The molecule has 1 atom stereocenters. The first kappa shape index (κ1) is 24.9. The molecule has 4 aromatic rings. The van der Waals surface area contributed by atoms with E-state index in [2.05, 4.69) is 5.32 Å². The van der Waals surface area contributed by atoms with Crippen LogP contribution in [-0.2, 0) is 29.0 Å². The van der Waals surface area contributed by atoms with E-state index in [1.54, 1.807) is 17.0 Å². The zero-order valence-electron chi connectivity index (χ0n) is 20.0. The van der Waals surface area contributed by atoms with Crippen LogP contribution in [-0.4, -0.2) is 23.3 Å². The molecule has 0 aliphatic rings. The molecule has 0 bridgehead atoms. The van der Waals surface area contributed by atoms with Crippen molar-refractivity contribution in [3.63, 3.8) is 0 Å². The van der Waals surface area contributed by atoms with Gasteiger partial charge in [-0.25, -0.2) is 4.39 Å². The number of carbonyl (C=O) groups excluding carboxylic acids is 2. The molecular formula is C31H29FN2O2. The fraction of sp³-hybridized carbons (Fsp3) is 0.161. The maximum atomic E-state index is 13.7. The topological polar surface area (TPSA) is 49.4 Å². The molecule has 4 nitrogen and oxygen atoms in total. The number of hydrogen-bond donors (Lipinski definition) is 1. The van der Waals surface area contributed by atoms with Crippen LogP contribution in [0.5, 0.6) is 0 Å². The van der Waals surface area contributed by atoms with Crippen molar-refractivity contribution in [2.45, 2.75) is 25.4 Å². The van der Waals surface area contributed by atoms with Gasteiger partial charge in [-0.3, -0.25) is 9.59 Å². The van der Waals surface area contributed by atoms with Crippen LogP contribution < -0.4 is 5.32 Å². The highest BCUT2D eigenvalue weighted by molar-refractivity contribution is 5.89. The summed E-state index contributed by atoms with van der Waals surface area (Å²) < 4.78 is 13.6. The highest BCUT2D eigenvalue weighted by atomic mass is 19.1. The van der Waals surface area contributed by atoms with Gasteiger partial charge in [0.1, 0.15) is 11.9 Å². The number of amides is 2. The smallest absolute Gasteiger partial charge is 0.247 e. The van der Waals surface area contributed by atoms with Gasteiger partial charge >= 0.3 is 0 Å². The summed E-state index contributed by atoms with van der Waals surface area (Å²) in [6, 6.07) is 33.9. The van der Waals surface area contributed by atoms with Gasteiger partial charge < -0.3 is 10.2 Å². The van der Waals surface area contributed by atoms with Gasteiger partial charge in [0.05, 0.1) is 6.42 Å². The first-order chi connectivity index (χ1) is 17.6. The standard InChI is InChI=1S/C31H29FN2O2/c32-28-18-16-26(17-19-28)23-34(29(35)22-25-12-6-2-7-13-25)30(27-14-8-3-9-15-27)31(36)33-21-20-24-10-4-1-5-11-24/h1-19,30H,20-23H2,(H,33,36)/t30-/m0/s1. The maximum absolute atomic E-state index is 13.7. The summed E-state index contributed by atoms with van der Waals surface area (Å²) in [6.45, 7) is 0.626. The first-order valence-corrected chi connectivity index (χ1v) is 12.0. The molecule has 4 aromatic carbocycles. The fourth-order valence-electron chi connectivity index (χ4n) is 4.16. The molecule has 0 aliphatic heterocycles. The minimum absolute atomic E-state index is 0.155. The van der Waals surface area contributed by atoms with Gasteiger partial charge in [-0.05, 0) is 40.8 Å². The zero-order valence-corrected chi connectivity index (χ0v) is 20.0. The Bertz CT molecular complexity index is 1250. The van der Waals surface area contributed by atoms with Gasteiger partial charge in [-0.1, -0.05) is 103 Å². The van der Waals surface area contributed by atoms with E-state index in [9.17, 15) is 14.0 Å². The number of hydrogen-bond acceptors (Lipinski definition) is 2. The summed E-state index contributed by atoms with van der Waals surface area (Å²) in [6.07, 6.45) is 0.840. The summed E-state index contributed by atoms with van der Waals surface area (Å²) in [5.41, 5.74) is 3.45. The summed E-state index contributed by atoms with van der Waals surface area (Å²) >= 11 is 0. The lowest BCUT2D eigenvalue weighted by atomic mass is 10.0. The molecule has 5 heteroatoms. The van der Waals surface area contributed by atoms with Crippen LogP contribution in [0, 0.1) is 5.82 Å². The molecular weight excluding hydrogens is 451 g/mol. The van der Waals surface area contributed by atoms with Crippen molar-refractivity contribution < 1.29 is 14.0 Å². The minimum atomic E-state index is -0.830. The van der Waals surface area contributed by atoms with Crippen LogP contribution >= 0.6 is 0 Å². The van der Waals surface area contributed by atoms with Crippen LogP contribution in [0.4, 0.5) is 4.39 Å². The van der Waals surface area contributed by atoms with Crippen molar-refractivity contribution in [1.29, 1.82) is 0 Å². The molecule has 4 rings (SSSR count). The summed E-state index contributed by atoms with van der Waals surface area (Å²) in [7, 11) is 0. The SMILES string of the molecule is O=C(NCCc1ccccc1)[C@H](c1ccccc1)N(Cc1ccc(F)cc1)C(=O)Cc1ccccc1. The van der Waals surface area contributed by atoms with Gasteiger partial charge in [0, 0.05) is 13.1 Å². The Morgan fingerprint density at radius 3 is 1.86 bits per heavy atom. The summed E-state index contributed by atoms with van der Waals surface area (Å²) in [4.78, 5) is 28.9. The number of benzene rings is 4. The second-order valence-corrected chi connectivity index (χ2v) is 8.65. The van der Waals surface area contributed by atoms with Crippen LogP contribution in [0.1, 0.15) is 28.3 Å². The third-order valence-corrected chi connectivity index (χ3v) is 6.02. The average Bonchev–Trinajstić information content (AvgIpc) is 2.91. The van der Waals surface area contributed by atoms with E-state index in [1.807, 2.05) is 91.0 Å². The first-order valence-electron chi connectivity index (χ1n) is 12.0. The van der Waals surface area contributed by atoms with Gasteiger partial charge in [0.15, 0.2) is 0 Å². The molecule has 1 N–H and O–H groups in total. The van der Waals surface area contributed by atoms with Crippen molar-refractivity contribution in [2.24, 2.45) is 0 Å². The lowest BCUT2D eigenvalue weighted by Gasteiger charge is -2.32. The van der Waals surface area contributed by atoms with Gasteiger partial charge in [0.25, 0.3) is 0 Å². The molecule has 2 amide bonds. The van der Waals surface area contributed by atoms with Crippen molar-refractivity contribution in [2.75, 3.05) is 6.54 Å². The quantitative estimate of drug-likeness (QED) is 0.326. The zero-order chi connectivity index (χ0) is 25.2. The monoisotopic (exact) mass is 480 g/mol. The molecule has 0 aliphatic carbocycles. The fourth-order valence-corrected chi connectivity index (χ4v) is 4.16. The predicted molar refractivity (Wildman–Crippen MR) is 139 cm³/mol. The van der Waals surface area contributed by atoms with Crippen molar-refractivity contribution in [1.82, 2.24) is 10.2 Å². The second kappa shape index (κ2) is 12.5. The lowest BCUT2D eigenvalue weighted by molar-refractivity contribution is -0.141. The van der Waals surface area contributed by atoms with Crippen LogP contribution in [0.15, 0.2) is 115 Å². The van der Waals surface area contributed by atoms with Gasteiger partial charge in [-0.15, -0.1) is 0 Å². The Kier molecular flexibility index (Phi) is 8.60. The average molecular weight is 481 g/mol. The van der Waals surface area contributed by atoms with Crippen molar-refractivity contribution >= 4 is 11.8 Å². The Morgan fingerprint density at radius 2 is 1.25 bits per heavy atom. The summed E-state index contributed by atoms with van der Waals surface area (Å²) in [5, 5.41) is 3.03. The molecule has 0 saturated heterocycles. The van der Waals surface area contributed by atoms with E-state index in [-0.39, 0.29) is 30.6 Å². The minimum Gasteiger partial charge on any atom is -0.354 e. The van der Waals surface area contributed by atoms with Crippen molar-refractivity contribution in [3.05, 3.63) is 143 Å². The van der Waals surface area contributed by atoms with Crippen LogP contribution in [0.3, 0.4) is 0 Å². The third-order valence-electron chi connectivity index (χ3n) is 6.02. The van der Waals surface area contributed by atoms with E-state index in [0.717, 1.165) is 22.3 Å². The number of rotatable bonds is 10. The summed E-state index contributed by atoms with van der Waals surface area (Å²) in [5.74, 6) is -0.780. The molecule has 0 aromatic heterocycles. The predicted octanol–water partition coefficient (Wildman–Crippen LogP) is 5.50. The van der Waals surface area contributed by atoms with E-state index in [0.29, 0.717) is 13.0 Å².